The van der Waals surface area contributed by atoms with Gasteiger partial charge in [0, 0.05) is 18.6 Å². The maximum absolute atomic E-state index is 11.7. The zero-order valence-corrected chi connectivity index (χ0v) is 17.3. The van der Waals surface area contributed by atoms with Gasteiger partial charge < -0.3 is 14.1 Å². The van der Waals surface area contributed by atoms with Gasteiger partial charge in [0.05, 0.1) is 32.7 Å². The highest BCUT2D eigenvalue weighted by Gasteiger charge is 2.22. The zero-order chi connectivity index (χ0) is 21.2. The number of carbonyl (C=O) groups is 1. The molecule has 1 rings (SSSR count). The molecule has 10 nitrogen and oxygen atoms in total. The van der Waals surface area contributed by atoms with Crippen LogP contribution in [-0.4, -0.2) is 66.4 Å². The zero-order valence-electron chi connectivity index (χ0n) is 16.4. The third-order valence-electron chi connectivity index (χ3n) is 3.59. The number of carbonyl (C=O) groups excluding carboxylic acids is 1. The van der Waals surface area contributed by atoms with Crippen molar-refractivity contribution in [1.29, 1.82) is 0 Å². The van der Waals surface area contributed by atoms with Crippen LogP contribution in [0.2, 0.25) is 0 Å². The second kappa shape index (κ2) is 11.2. The number of ether oxygens (including phenoxy) is 1. The fourth-order valence-electron chi connectivity index (χ4n) is 2.02. The summed E-state index contributed by atoms with van der Waals surface area (Å²) in [5.41, 5.74) is 0.0300. The number of benzene rings is 1. The molecular weight excluding hydrogens is 391 g/mol. The van der Waals surface area contributed by atoms with Crippen LogP contribution in [0.5, 0.6) is 5.75 Å². The van der Waals surface area contributed by atoms with Gasteiger partial charge in [-0.25, -0.2) is 9.77 Å². The number of rotatable bonds is 13. The highest BCUT2D eigenvalue weighted by Crippen LogP contribution is 2.43. The molecule has 0 amide bonds. The van der Waals surface area contributed by atoms with Crippen LogP contribution < -0.4 is 4.74 Å². The van der Waals surface area contributed by atoms with Crippen LogP contribution >= 0.6 is 7.82 Å². The van der Waals surface area contributed by atoms with E-state index in [2.05, 4.69) is 0 Å². The van der Waals surface area contributed by atoms with Crippen molar-refractivity contribution in [3.63, 3.8) is 0 Å². The van der Waals surface area contributed by atoms with Crippen LogP contribution in [0.1, 0.15) is 25.7 Å². The first-order valence-corrected chi connectivity index (χ1v) is 10.4. The summed E-state index contributed by atoms with van der Waals surface area (Å²) >= 11 is 0. The molecule has 0 radical (unpaired) electrons. The Kier molecular flexibility index (Phi) is 9.71. The second-order valence-electron chi connectivity index (χ2n) is 7.20. The molecule has 0 heterocycles. The number of unbranched alkanes of at least 4 members (excludes halogenated alkanes) is 2. The molecule has 28 heavy (non-hydrogen) atoms. The Morgan fingerprint density at radius 1 is 1.07 bits per heavy atom. The monoisotopic (exact) mass is 420 g/mol. The molecule has 0 saturated carbocycles. The molecule has 1 unspecified atom stereocenters. The molecule has 2 N–H and O–H groups in total. The molecule has 0 saturated heterocycles. The molecule has 0 aromatic heterocycles. The first kappa shape index (κ1) is 24.2. The average molecular weight is 420 g/mol. The lowest BCUT2D eigenvalue weighted by atomic mass is 10.2. The van der Waals surface area contributed by atoms with Gasteiger partial charge in [-0.15, -0.1) is 0 Å². The van der Waals surface area contributed by atoms with Gasteiger partial charge in [0.2, 0.25) is 0 Å². The first-order chi connectivity index (χ1) is 13.0. The Balaban J connectivity index is 2.15. The topological polar surface area (TPSA) is 122 Å². The van der Waals surface area contributed by atoms with Crippen LogP contribution in [0.4, 0.5) is 5.69 Å². The summed E-state index contributed by atoms with van der Waals surface area (Å²) in [6.45, 7) is 0.755. The van der Waals surface area contributed by atoms with Crippen molar-refractivity contribution in [3.8, 4) is 5.75 Å². The Hall–Kier alpha value is -1.84. The van der Waals surface area contributed by atoms with Crippen LogP contribution in [0.3, 0.4) is 0 Å². The molecule has 0 bridgehead atoms. The van der Waals surface area contributed by atoms with Crippen molar-refractivity contribution < 1.29 is 42.7 Å². The van der Waals surface area contributed by atoms with Crippen molar-refractivity contribution >= 4 is 19.5 Å². The molecule has 1 aromatic carbocycles. The summed E-state index contributed by atoms with van der Waals surface area (Å²) in [7, 11) is 1.79. The van der Waals surface area contributed by atoms with Gasteiger partial charge in [-0.1, -0.05) is 6.42 Å². The maximum Gasteiger partial charge on any atom is 0.472 e. The summed E-state index contributed by atoms with van der Waals surface area (Å²) < 4.78 is 27.2. The Morgan fingerprint density at radius 2 is 1.68 bits per heavy atom. The van der Waals surface area contributed by atoms with E-state index in [1.807, 2.05) is 21.1 Å². The number of phosphoric ester groups is 1. The van der Waals surface area contributed by atoms with Crippen molar-refractivity contribution in [3.05, 3.63) is 29.2 Å². The second-order valence-corrected chi connectivity index (χ2v) is 8.65. The predicted molar refractivity (Wildman–Crippen MR) is 100 cm³/mol. The highest BCUT2D eigenvalue weighted by molar-refractivity contribution is 7.47. The summed E-state index contributed by atoms with van der Waals surface area (Å²) in [4.78, 5) is 31.7. The Bertz CT molecular complexity index is 687. The van der Waals surface area contributed by atoms with Crippen LogP contribution in [-0.2, 0) is 18.4 Å². The fraction of sp³-hybridized carbons (Fsp3) is 0.588. The number of hydrogen-bond acceptors (Lipinski definition) is 6. The van der Waals surface area contributed by atoms with Crippen LogP contribution in [0, 0.1) is 4.91 Å². The van der Waals surface area contributed by atoms with E-state index >= 15 is 0 Å². The molecule has 0 aliphatic carbocycles. The van der Waals surface area contributed by atoms with E-state index in [-0.39, 0.29) is 36.0 Å². The lowest BCUT2D eigenvalue weighted by Gasteiger charge is -2.24. The van der Waals surface area contributed by atoms with Crippen LogP contribution in [0.15, 0.2) is 24.3 Å². The molecule has 1 atom stereocenters. The number of likely N-dealkylation sites (N-methyl/N-ethyl adjacent to an activating group) is 1. The Morgan fingerprint density at radius 3 is 2.25 bits per heavy atom. The predicted octanol–water partition coefficient (Wildman–Crippen LogP) is 2.79. The van der Waals surface area contributed by atoms with E-state index < -0.39 is 13.8 Å². The minimum Gasteiger partial charge on any atom is -0.427 e. The van der Waals surface area contributed by atoms with Crippen molar-refractivity contribution in [2.24, 2.45) is 0 Å². The third-order valence-corrected chi connectivity index (χ3v) is 4.60. The van der Waals surface area contributed by atoms with Crippen molar-refractivity contribution in [2.75, 3.05) is 40.9 Å². The molecule has 0 aliphatic heterocycles. The van der Waals surface area contributed by atoms with E-state index in [1.165, 1.54) is 24.3 Å². The van der Waals surface area contributed by atoms with E-state index in [0.29, 0.717) is 30.3 Å². The average Bonchev–Trinajstić information content (AvgIpc) is 2.57. The standard InChI is InChI=1S/C17H28N2O8P/c1-19(2,3)12-14-26-28(23,24)25-13-6-4-5-7-17(20)27-16-10-8-15(9-11-16)18(21)22/h8-11H,4-7,12-14H2,1-3H3,(H-,21,22,23,24)/q+1/p+1. The lowest BCUT2D eigenvalue weighted by molar-refractivity contribution is -0.870. The van der Waals surface area contributed by atoms with E-state index in [4.69, 9.17) is 19.0 Å². The third kappa shape index (κ3) is 11.1. The minimum atomic E-state index is -4.05. The van der Waals surface area contributed by atoms with E-state index in [0.717, 1.165) is 0 Å². The number of quaternary nitrogens is 1. The molecule has 158 valence electrons. The van der Waals surface area contributed by atoms with Crippen molar-refractivity contribution in [1.82, 2.24) is 0 Å². The summed E-state index contributed by atoms with van der Waals surface area (Å²) in [6.07, 6.45) is 1.82. The van der Waals surface area contributed by atoms with Gasteiger partial charge in [0.25, 0.3) is 4.92 Å². The Labute approximate surface area is 164 Å². The molecular formula is C17H29N2O8P+2. The lowest BCUT2D eigenvalue weighted by Crippen LogP contribution is -2.37. The molecule has 1 aromatic rings. The summed E-state index contributed by atoms with van der Waals surface area (Å²) in [5.74, 6) is -0.167. The number of hydrogen-bond donors (Lipinski definition) is 2. The van der Waals surface area contributed by atoms with Crippen molar-refractivity contribution in [2.45, 2.75) is 25.7 Å². The van der Waals surface area contributed by atoms with Gasteiger partial charge in [0.1, 0.15) is 18.9 Å². The van der Waals surface area contributed by atoms with Gasteiger partial charge in [0.15, 0.2) is 0 Å². The summed E-state index contributed by atoms with van der Waals surface area (Å²) in [6, 6.07) is 5.45. The number of esters is 1. The van der Waals surface area contributed by atoms with E-state index in [1.54, 1.807) is 0 Å². The van der Waals surface area contributed by atoms with Gasteiger partial charge in [-0.05, 0) is 25.0 Å². The molecule has 0 spiro atoms. The minimum absolute atomic E-state index is 0.0300. The van der Waals surface area contributed by atoms with Crippen LogP contribution in [0.25, 0.3) is 0 Å². The smallest absolute Gasteiger partial charge is 0.427 e. The SMILES string of the molecule is C[N+](C)(C)CCOP(=O)(O)OCCCCCC(=O)Oc1ccc([N+](=O)O)cc1. The normalized spacial score (nSPS) is 13.7. The quantitative estimate of drug-likeness (QED) is 0.125. The van der Waals surface area contributed by atoms with Gasteiger partial charge >= 0.3 is 19.5 Å². The summed E-state index contributed by atoms with van der Waals surface area (Å²) in [5, 5.41) is 8.73. The van der Waals surface area contributed by atoms with Gasteiger partial charge in [-0.2, -0.15) is 0 Å². The number of phosphoric acid groups is 1. The fourth-order valence-corrected chi connectivity index (χ4v) is 2.77. The molecule has 11 heteroatoms. The van der Waals surface area contributed by atoms with Gasteiger partial charge in [-0.3, -0.25) is 13.8 Å². The number of nitrogens with zero attached hydrogens (tertiary/aromatic N) is 2. The molecule has 0 fully saturated rings. The maximum atomic E-state index is 11.7. The highest BCUT2D eigenvalue weighted by atomic mass is 31.2. The van der Waals surface area contributed by atoms with E-state index in [9.17, 15) is 19.2 Å². The molecule has 0 aliphatic rings. The largest absolute Gasteiger partial charge is 0.472 e. The first-order valence-electron chi connectivity index (χ1n) is 8.88.